The summed E-state index contributed by atoms with van der Waals surface area (Å²) >= 11 is 0. The molecule has 2 rings (SSSR count). The molecule has 1 aliphatic rings. The largest absolute Gasteiger partial charge is 0.379 e. The van der Waals surface area contributed by atoms with Crippen molar-refractivity contribution in [1.82, 2.24) is 20.2 Å². The number of amides is 1. The zero-order chi connectivity index (χ0) is 15.8. The van der Waals surface area contributed by atoms with Crippen LogP contribution in [-0.4, -0.2) is 66.7 Å². The van der Waals surface area contributed by atoms with Crippen LogP contribution in [0.15, 0.2) is 18.7 Å². The molecule has 1 fully saturated rings. The Morgan fingerprint density at radius 2 is 2.23 bits per heavy atom. The number of hydrogen-bond acceptors (Lipinski definition) is 6. The van der Waals surface area contributed by atoms with E-state index < -0.39 is 0 Å². The van der Waals surface area contributed by atoms with Gasteiger partial charge in [-0.25, -0.2) is 9.97 Å². The van der Waals surface area contributed by atoms with Crippen LogP contribution in [0.2, 0.25) is 0 Å². The maximum Gasteiger partial charge on any atom is 0.270 e. The van der Waals surface area contributed by atoms with E-state index >= 15 is 0 Å². The minimum Gasteiger partial charge on any atom is -0.379 e. The number of aryl methyl sites for hydroxylation is 1. The molecule has 0 spiro atoms. The van der Waals surface area contributed by atoms with Crippen molar-refractivity contribution in [3.8, 4) is 0 Å². The Balaban J connectivity index is 1.85. The molecule has 1 aliphatic heterocycles. The van der Waals surface area contributed by atoms with Gasteiger partial charge in [-0.05, 0) is 13.0 Å². The molecular formula is C15H23N5O2. The third kappa shape index (κ3) is 5.09. The van der Waals surface area contributed by atoms with Gasteiger partial charge in [0.25, 0.3) is 5.91 Å². The van der Waals surface area contributed by atoms with Crippen molar-refractivity contribution >= 4 is 11.9 Å². The van der Waals surface area contributed by atoms with Gasteiger partial charge >= 0.3 is 0 Å². The maximum atomic E-state index is 12.2. The predicted octanol–water partition coefficient (Wildman–Crippen LogP) is 0.445. The van der Waals surface area contributed by atoms with Crippen molar-refractivity contribution in [2.24, 2.45) is 0 Å². The molecule has 0 radical (unpaired) electrons. The summed E-state index contributed by atoms with van der Waals surface area (Å²) in [5.41, 5.74) is 1.13. The Hall–Kier alpha value is -1.99. The number of ether oxygens (including phenoxy) is 1. The van der Waals surface area contributed by atoms with E-state index in [9.17, 15) is 4.79 Å². The fourth-order valence-corrected chi connectivity index (χ4v) is 2.17. The molecule has 2 heterocycles. The van der Waals surface area contributed by atoms with Crippen molar-refractivity contribution in [2.75, 3.05) is 51.3 Å². The highest BCUT2D eigenvalue weighted by molar-refractivity contribution is 5.92. The lowest BCUT2D eigenvalue weighted by Crippen LogP contribution is -2.41. The van der Waals surface area contributed by atoms with Crippen molar-refractivity contribution in [2.45, 2.75) is 6.92 Å². The molecule has 1 aromatic heterocycles. The number of nitrogens with zero attached hydrogens (tertiary/aromatic N) is 3. The zero-order valence-corrected chi connectivity index (χ0v) is 13.0. The quantitative estimate of drug-likeness (QED) is 0.712. The molecule has 0 bridgehead atoms. The highest BCUT2D eigenvalue weighted by Crippen LogP contribution is 2.05. The lowest BCUT2D eigenvalue weighted by atomic mass is 10.3. The minimum absolute atomic E-state index is 0.180. The van der Waals surface area contributed by atoms with Crippen molar-refractivity contribution in [1.29, 1.82) is 0 Å². The van der Waals surface area contributed by atoms with Crippen LogP contribution in [0.25, 0.3) is 0 Å². The van der Waals surface area contributed by atoms with Crippen LogP contribution >= 0.6 is 0 Å². The molecule has 2 N–H and O–H groups in total. The molecule has 120 valence electrons. The normalized spacial score (nSPS) is 15.3. The van der Waals surface area contributed by atoms with Crippen molar-refractivity contribution < 1.29 is 9.53 Å². The number of nitrogens with one attached hydrogen (secondary N) is 2. The van der Waals surface area contributed by atoms with Gasteiger partial charge in [0, 0.05) is 38.4 Å². The second kappa shape index (κ2) is 8.45. The molecule has 1 aromatic rings. The third-order valence-electron chi connectivity index (χ3n) is 3.31. The first-order chi connectivity index (χ1) is 10.7. The summed E-state index contributed by atoms with van der Waals surface area (Å²) in [6.45, 7) is 10.8. The Kier molecular flexibility index (Phi) is 6.29. The number of hydrogen-bond donors (Lipinski definition) is 2. The molecule has 7 heteroatoms. The van der Waals surface area contributed by atoms with Crippen LogP contribution in [0.3, 0.4) is 0 Å². The van der Waals surface area contributed by atoms with Crippen LogP contribution in [0.4, 0.5) is 5.95 Å². The summed E-state index contributed by atoms with van der Waals surface area (Å²) < 4.78 is 5.30. The number of morpholine rings is 1. The Morgan fingerprint density at radius 3 is 2.95 bits per heavy atom. The van der Waals surface area contributed by atoms with E-state index in [-0.39, 0.29) is 5.91 Å². The average Bonchev–Trinajstić information content (AvgIpc) is 2.53. The molecule has 22 heavy (non-hydrogen) atoms. The van der Waals surface area contributed by atoms with E-state index in [4.69, 9.17) is 4.74 Å². The fourth-order valence-electron chi connectivity index (χ4n) is 2.17. The summed E-state index contributed by atoms with van der Waals surface area (Å²) in [6, 6.07) is 1.68. The first kappa shape index (κ1) is 16.4. The zero-order valence-electron chi connectivity index (χ0n) is 13.0. The molecule has 0 saturated carbocycles. The first-order valence-corrected chi connectivity index (χ1v) is 7.48. The van der Waals surface area contributed by atoms with Gasteiger partial charge in [-0.1, -0.05) is 6.08 Å². The smallest absolute Gasteiger partial charge is 0.270 e. The number of carbonyl (C=O) groups excluding carboxylic acids is 1. The SMILES string of the molecule is C=CCNc1nc(C)cc(C(=O)NCCN2CCOCC2)n1. The Bertz CT molecular complexity index is 515. The van der Waals surface area contributed by atoms with Gasteiger partial charge < -0.3 is 15.4 Å². The maximum absolute atomic E-state index is 12.2. The molecule has 0 unspecified atom stereocenters. The topological polar surface area (TPSA) is 79.4 Å². The highest BCUT2D eigenvalue weighted by Gasteiger charge is 2.12. The molecule has 7 nitrogen and oxygen atoms in total. The number of rotatable bonds is 7. The minimum atomic E-state index is -0.180. The average molecular weight is 305 g/mol. The molecule has 1 amide bonds. The molecular weight excluding hydrogens is 282 g/mol. The number of carbonyl (C=O) groups is 1. The molecule has 0 aromatic carbocycles. The second-order valence-corrected chi connectivity index (χ2v) is 5.10. The van der Waals surface area contributed by atoms with Crippen molar-refractivity contribution in [3.63, 3.8) is 0 Å². The van der Waals surface area contributed by atoms with Gasteiger partial charge in [0.15, 0.2) is 0 Å². The van der Waals surface area contributed by atoms with E-state index in [0.29, 0.717) is 24.7 Å². The fraction of sp³-hybridized carbons (Fsp3) is 0.533. The van der Waals surface area contributed by atoms with E-state index in [1.807, 2.05) is 6.92 Å². The second-order valence-electron chi connectivity index (χ2n) is 5.10. The van der Waals surface area contributed by atoms with Crippen LogP contribution in [-0.2, 0) is 4.74 Å². The summed E-state index contributed by atoms with van der Waals surface area (Å²) in [5, 5.41) is 5.89. The first-order valence-electron chi connectivity index (χ1n) is 7.48. The van der Waals surface area contributed by atoms with E-state index in [1.165, 1.54) is 0 Å². The number of aromatic nitrogens is 2. The molecule has 0 atom stereocenters. The van der Waals surface area contributed by atoms with E-state index in [2.05, 4.69) is 32.1 Å². The number of anilines is 1. The predicted molar refractivity (Wildman–Crippen MR) is 85.0 cm³/mol. The van der Waals surface area contributed by atoms with Crippen LogP contribution < -0.4 is 10.6 Å². The van der Waals surface area contributed by atoms with Gasteiger partial charge in [-0.3, -0.25) is 9.69 Å². The van der Waals surface area contributed by atoms with Gasteiger partial charge in [0.2, 0.25) is 5.95 Å². The summed E-state index contributed by atoms with van der Waals surface area (Å²) in [4.78, 5) is 22.9. The standard InChI is InChI=1S/C15H23N5O2/c1-3-4-17-15-18-12(2)11-13(19-15)14(21)16-5-6-20-7-9-22-10-8-20/h3,11H,1,4-10H2,2H3,(H,16,21)(H,17,18,19). The summed E-state index contributed by atoms with van der Waals surface area (Å²) in [6.07, 6.45) is 1.72. The van der Waals surface area contributed by atoms with Gasteiger partial charge in [-0.15, -0.1) is 6.58 Å². The summed E-state index contributed by atoms with van der Waals surface area (Å²) in [7, 11) is 0. The lowest BCUT2D eigenvalue weighted by molar-refractivity contribution is 0.0383. The van der Waals surface area contributed by atoms with Gasteiger partial charge in [0.05, 0.1) is 13.2 Å². The lowest BCUT2D eigenvalue weighted by Gasteiger charge is -2.26. The summed E-state index contributed by atoms with van der Waals surface area (Å²) in [5.74, 6) is 0.263. The highest BCUT2D eigenvalue weighted by atomic mass is 16.5. The van der Waals surface area contributed by atoms with Crippen LogP contribution in [0.1, 0.15) is 16.2 Å². The Labute approximate surface area is 130 Å². The van der Waals surface area contributed by atoms with Crippen LogP contribution in [0, 0.1) is 6.92 Å². The van der Waals surface area contributed by atoms with Crippen molar-refractivity contribution in [3.05, 3.63) is 30.1 Å². The third-order valence-corrected chi connectivity index (χ3v) is 3.31. The molecule has 0 aliphatic carbocycles. The van der Waals surface area contributed by atoms with E-state index in [0.717, 1.165) is 38.5 Å². The van der Waals surface area contributed by atoms with Gasteiger partial charge in [0.1, 0.15) is 5.69 Å². The monoisotopic (exact) mass is 305 g/mol. The molecule has 1 saturated heterocycles. The van der Waals surface area contributed by atoms with Gasteiger partial charge in [-0.2, -0.15) is 0 Å². The van der Waals surface area contributed by atoms with E-state index in [1.54, 1.807) is 12.1 Å². The van der Waals surface area contributed by atoms with Crippen LogP contribution in [0.5, 0.6) is 0 Å². The Morgan fingerprint density at radius 1 is 1.45 bits per heavy atom.